The third-order valence-electron chi connectivity index (χ3n) is 3.98. The van der Waals surface area contributed by atoms with Gasteiger partial charge in [-0.1, -0.05) is 0 Å². The molecular weight excluding hydrogens is 270 g/mol. The van der Waals surface area contributed by atoms with E-state index in [0.29, 0.717) is 24.2 Å². The molecule has 0 saturated heterocycles. The molecule has 0 radical (unpaired) electrons. The lowest BCUT2D eigenvalue weighted by Gasteiger charge is -2.18. The number of carboxylic acids is 1. The Labute approximate surface area is 123 Å². The second-order valence-corrected chi connectivity index (χ2v) is 5.50. The van der Waals surface area contributed by atoms with Crippen LogP contribution in [0.1, 0.15) is 32.8 Å². The predicted molar refractivity (Wildman–Crippen MR) is 80.8 cm³/mol. The number of aliphatic hydroxyl groups is 1. The predicted octanol–water partition coefficient (Wildman–Crippen LogP) is 2.48. The summed E-state index contributed by atoms with van der Waals surface area (Å²) in [6.45, 7) is 7.04. The van der Waals surface area contributed by atoms with E-state index in [-0.39, 0.29) is 12.4 Å². The Morgan fingerprint density at radius 2 is 1.95 bits per heavy atom. The summed E-state index contributed by atoms with van der Waals surface area (Å²) < 4.78 is 5.62. The lowest BCUT2D eigenvalue weighted by atomic mass is 9.98. The maximum absolute atomic E-state index is 11.3. The minimum atomic E-state index is -1.05. The molecule has 0 bridgehead atoms. The molecule has 0 unspecified atom stereocenters. The zero-order chi connectivity index (χ0) is 15.7. The number of aryl methyl sites for hydroxylation is 2. The summed E-state index contributed by atoms with van der Waals surface area (Å²) in [5, 5.41) is 19.1. The number of hydrogen-bond donors (Lipinski definition) is 2. The van der Waals surface area contributed by atoms with Gasteiger partial charge in [0.2, 0.25) is 5.76 Å². The van der Waals surface area contributed by atoms with E-state index in [1.165, 1.54) is 0 Å². The largest absolute Gasteiger partial charge is 0.475 e. The Hall–Kier alpha value is -1.85. The van der Waals surface area contributed by atoms with Gasteiger partial charge in [-0.3, -0.25) is 4.90 Å². The highest BCUT2D eigenvalue weighted by atomic mass is 16.4. The molecule has 0 atom stereocenters. The number of rotatable bonds is 5. The van der Waals surface area contributed by atoms with Gasteiger partial charge in [-0.05, 0) is 45.0 Å². The van der Waals surface area contributed by atoms with Crippen molar-refractivity contribution in [2.24, 2.45) is 0 Å². The average molecular weight is 291 g/mol. The summed E-state index contributed by atoms with van der Waals surface area (Å²) >= 11 is 0. The minimum absolute atomic E-state index is 0.000983. The third-order valence-corrected chi connectivity index (χ3v) is 3.98. The number of hydrogen-bond acceptors (Lipinski definition) is 4. The molecule has 0 aliphatic carbocycles. The van der Waals surface area contributed by atoms with Crippen LogP contribution in [-0.2, 0) is 6.54 Å². The monoisotopic (exact) mass is 291 g/mol. The summed E-state index contributed by atoms with van der Waals surface area (Å²) in [4.78, 5) is 13.2. The summed E-state index contributed by atoms with van der Waals surface area (Å²) in [6.07, 6.45) is 0. The molecule has 1 heterocycles. The van der Waals surface area contributed by atoms with Crippen molar-refractivity contribution in [3.8, 4) is 0 Å². The van der Waals surface area contributed by atoms with E-state index in [1.54, 1.807) is 6.92 Å². The zero-order valence-corrected chi connectivity index (χ0v) is 12.9. The maximum atomic E-state index is 11.3. The molecule has 5 nitrogen and oxygen atoms in total. The molecule has 0 saturated carbocycles. The van der Waals surface area contributed by atoms with Gasteiger partial charge in [0.15, 0.2) is 0 Å². The van der Waals surface area contributed by atoms with Crippen LogP contribution in [0.4, 0.5) is 0 Å². The Morgan fingerprint density at radius 3 is 2.52 bits per heavy atom. The fraction of sp³-hybridized carbons (Fsp3) is 0.438. The topological polar surface area (TPSA) is 73.9 Å². The van der Waals surface area contributed by atoms with Crippen molar-refractivity contribution in [3.05, 3.63) is 34.1 Å². The van der Waals surface area contributed by atoms with Gasteiger partial charge in [-0.2, -0.15) is 0 Å². The number of carboxylic acid groups (broad SMARTS) is 1. The van der Waals surface area contributed by atoms with Crippen LogP contribution in [0, 0.1) is 20.8 Å². The molecule has 5 heteroatoms. The van der Waals surface area contributed by atoms with E-state index in [1.807, 2.05) is 31.9 Å². The number of benzene rings is 1. The lowest BCUT2D eigenvalue weighted by Crippen LogP contribution is -2.22. The Balaban J connectivity index is 2.64. The number of nitrogens with zero attached hydrogens (tertiary/aromatic N) is 1. The van der Waals surface area contributed by atoms with E-state index in [2.05, 4.69) is 0 Å². The summed E-state index contributed by atoms with van der Waals surface area (Å²) in [7, 11) is 1.91. The molecule has 0 aliphatic heterocycles. The van der Waals surface area contributed by atoms with Crippen LogP contribution >= 0.6 is 0 Å². The first-order valence-corrected chi connectivity index (χ1v) is 6.91. The van der Waals surface area contributed by atoms with Gasteiger partial charge >= 0.3 is 5.97 Å². The van der Waals surface area contributed by atoms with Gasteiger partial charge in [0.1, 0.15) is 5.58 Å². The van der Waals surface area contributed by atoms with Crippen molar-refractivity contribution >= 4 is 16.9 Å². The first-order chi connectivity index (χ1) is 9.86. The number of likely N-dealkylation sites (N-methyl/N-ethyl adjacent to an activating group) is 1. The molecule has 21 heavy (non-hydrogen) atoms. The van der Waals surface area contributed by atoms with Gasteiger partial charge in [0, 0.05) is 29.6 Å². The van der Waals surface area contributed by atoms with Crippen molar-refractivity contribution < 1.29 is 19.4 Å². The summed E-state index contributed by atoms with van der Waals surface area (Å²) in [6, 6.07) is 1.98. The van der Waals surface area contributed by atoms with Gasteiger partial charge in [-0.15, -0.1) is 0 Å². The molecule has 114 valence electrons. The van der Waals surface area contributed by atoms with Crippen LogP contribution in [0.15, 0.2) is 10.5 Å². The van der Waals surface area contributed by atoms with Crippen molar-refractivity contribution in [1.82, 2.24) is 4.90 Å². The van der Waals surface area contributed by atoms with Gasteiger partial charge in [-0.25, -0.2) is 4.79 Å². The van der Waals surface area contributed by atoms with Crippen molar-refractivity contribution in [1.29, 1.82) is 0 Å². The smallest absolute Gasteiger partial charge is 0.372 e. The number of carbonyl (C=O) groups is 1. The van der Waals surface area contributed by atoms with E-state index >= 15 is 0 Å². The van der Waals surface area contributed by atoms with Gasteiger partial charge in [0.25, 0.3) is 0 Å². The van der Waals surface area contributed by atoms with Crippen molar-refractivity contribution in [2.45, 2.75) is 27.3 Å². The Bertz CT molecular complexity index is 687. The van der Waals surface area contributed by atoms with E-state index in [9.17, 15) is 9.90 Å². The van der Waals surface area contributed by atoms with E-state index < -0.39 is 5.97 Å². The van der Waals surface area contributed by atoms with Crippen molar-refractivity contribution in [2.75, 3.05) is 20.2 Å². The zero-order valence-electron chi connectivity index (χ0n) is 12.9. The highest BCUT2D eigenvalue weighted by molar-refractivity contribution is 5.96. The van der Waals surface area contributed by atoms with Crippen LogP contribution in [0.25, 0.3) is 11.0 Å². The normalized spacial score (nSPS) is 11.5. The van der Waals surface area contributed by atoms with E-state index in [4.69, 9.17) is 9.52 Å². The molecule has 0 amide bonds. The first-order valence-electron chi connectivity index (χ1n) is 6.91. The van der Waals surface area contributed by atoms with E-state index in [0.717, 1.165) is 22.1 Å². The Morgan fingerprint density at radius 1 is 1.29 bits per heavy atom. The molecule has 2 N–H and O–H groups in total. The molecule has 0 spiro atoms. The quantitative estimate of drug-likeness (QED) is 0.885. The number of furan rings is 1. The second-order valence-electron chi connectivity index (χ2n) is 5.50. The van der Waals surface area contributed by atoms with Crippen LogP contribution in [0.3, 0.4) is 0 Å². The standard InChI is InChI=1S/C16H21NO4/c1-9-7-12-11(3)14(16(19)20)21-15(12)13(10(9)2)8-17(4)5-6-18/h7,18H,5-6,8H2,1-4H3,(H,19,20). The molecule has 2 rings (SSSR count). The average Bonchev–Trinajstić information content (AvgIpc) is 2.73. The maximum Gasteiger partial charge on any atom is 0.372 e. The lowest BCUT2D eigenvalue weighted by molar-refractivity contribution is 0.0664. The molecule has 1 aromatic heterocycles. The van der Waals surface area contributed by atoms with Gasteiger partial charge in [0.05, 0.1) is 6.61 Å². The summed E-state index contributed by atoms with van der Waals surface area (Å²) in [5.41, 5.74) is 4.48. The van der Waals surface area contributed by atoms with Crippen LogP contribution in [0.2, 0.25) is 0 Å². The Kier molecular flexibility index (Phi) is 4.34. The summed E-state index contributed by atoms with van der Waals surface area (Å²) in [5.74, 6) is -1.05. The third kappa shape index (κ3) is 2.80. The minimum Gasteiger partial charge on any atom is -0.475 e. The fourth-order valence-corrected chi connectivity index (χ4v) is 2.57. The van der Waals surface area contributed by atoms with Crippen LogP contribution < -0.4 is 0 Å². The SMILES string of the molecule is Cc1cc2c(C)c(C(=O)O)oc2c(CN(C)CCO)c1C. The highest BCUT2D eigenvalue weighted by Crippen LogP contribution is 2.32. The molecule has 0 fully saturated rings. The van der Waals surface area contributed by atoms with Crippen LogP contribution in [0.5, 0.6) is 0 Å². The number of fused-ring (bicyclic) bond motifs is 1. The fourth-order valence-electron chi connectivity index (χ4n) is 2.57. The van der Waals surface area contributed by atoms with Gasteiger partial charge < -0.3 is 14.6 Å². The van der Waals surface area contributed by atoms with Crippen LogP contribution in [-0.4, -0.2) is 41.3 Å². The second kappa shape index (κ2) is 5.87. The molecule has 0 aliphatic rings. The molecular formula is C16H21NO4. The molecule has 1 aromatic carbocycles. The molecule has 2 aromatic rings. The number of aromatic carboxylic acids is 1. The highest BCUT2D eigenvalue weighted by Gasteiger charge is 2.21. The number of aliphatic hydroxyl groups excluding tert-OH is 1. The van der Waals surface area contributed by atoms with Crippen molar-refractivity contribution in [3.63, 3.8) is 0 Å². The first kappa shape index (κ1) is 15.5.